The van der Waals surface area contributed by atoms with Crippen LogP contribution in [0.15, 0.2) is 30.5 Å². The normalized spacial score (nSPS) is 14.6. The van der Waals surface area contributed by atoms with Crippen LogP contribution >= 0.6 is 0 Å². The van der Waals surface area contributed by atoms with E-state index in [2.05, 4.69) is 41.0 Å². The van der Waals surface area contributed by atoms with E-state index in [0.717, 1.165) is 71.8 Å². The standard InChI is InChI=1S/C24H32N6O2/c1-4-30-24-22(15-26-30)23(29-19-8-10-32-11-9-19)21(16(2)27-24)14-25-13-18-6-5-7-20(12-18)28-17(3)31/h5-7,12,15,19,25H,4,8-11,13-14H2,1-3H3,(H,27,29)(H,28,31). The number of amides is 1. The highest BCUT2D eigenvalue weighted by Crippen LogP contribution is 2.30. The van der Waals surface area contributed by atoms with Gasteiger partial charge in [-0.05, 0) is 44.4 Å². The molecule has 0 spiro atoms. The SMILES string of the molecule is CCn1ncc2c(NC3CCOCC3)c(CNCc3cccc(NC(C)=O)c3)c(C)nc21. The topological polar surface area (TPSA) is 93.1 Å². The van der Waals surface area contributed by atoms with Crippen LogP contribution in [0.4, 0.5) is 11.4 Å². The molecule has 0 aliphatic carbocycles. The van der Waals surface area contributed by atoms with E-state index in [4.69, 9.17) is 9.72 Å². The maximum atomic E-state index is 11.3. The van der Waals surface area contributed by atoms with E-state index in [1.54, 1.807) is 0 Å². The first kappa shape index (κ1) is 22.2. The van der Waals surface area contributed by atoms with Crippen molar-refractivity contribution in [3.05, 3.63) is 47.3 Å². The lowest BCUT2D eigenvalue weighted by Gasteiger charge is -2.26. The van der Waals surface area contributed by atoms with Crippen molar-refractivity contribution in [2.75, 3.05) is 23.8 Å². The Bertz CT molecular complexity index is 1090. The Morgan fingerprint density at radius 3 is 2.81 bits per heavy atom. The molecule has 3 N–H and O–H groups in total. The molecule has 2 aromatic heterocycles. The zero-order valence-corrected chi connectivity index (χ0v) is 19.1. The average molecular weight is 437 g/mol. The molecule has 1 aliphatic rings. The predicted molar refractivity (Wildman–Crippen MR) is 127 cm³/mol. The summed E-state index contributed by atoms with van der Waals surface area (Å²) in [6.45, 7) is 9.40. The molecule has 3 heterocycles. The van der Waals surface area contributed by atoms with Gasteiger partial charge in [-0.1, -0.05) is 12.1 Å². The highest BCUT2D eigenvalue weighted by Gasteiger charge is 2.20. The summed E-state index contributed by atoms with van der Waals surface area (Å²) >= 11 is 0. The summed E-state index contributed by atoms with van der Waals surface area (Å²) in [7, 11) is 0. The molecule has 0 atom stereocenters. The van der Waals surface area contributed by atoms with Crippen molar-refractivity contribution in [1.29, 1.82) is 0 Å². The number of fused-ring (bicyclic) bond motifs is 1. The summed E-state index contributed by atoms with van der Waals surface area (Å²) in [6, 6.07) is 8.28. The van der Waals surface area contributed by atoms with Gasteiger partial charge < -0.3 is 20.7 Å². The monoisotopic (exact) mass is 436 g/mol. The summed E-state index contributed by atoms with van der Waals surface area (Å²) < 4.78 is 7.49. The van der Waals surface area contributed by atoms with Crippen LogP contribution in [0.25, 0.3) is 11.0 Å². The molecule has 1 saturated heterocycles. The zero-order chi connectivity index (χ0) is 22.5. The van der Waals surface area contributed by atoms with Gasteiger partial charge in [-0.2, -0.15) is 5.10 Å². The van der Waals surface area contributed by atoms with E-state index >= 15 is 0 Å². The number of aromatic nitrogens is 3. The number of hydrogen-bond acceptors (Lipinski definition) is 6. The van der Waals surface area contributed by atoms with Crippen molar-refractivity contribution in [2.45, 2.75) is 59.3 Å². The summed E-state index contributed by atoms with van der Waals surface area (Å²) in [5.41, 5.74) is 6.13. The van der Waals surface area contributed by atoms with Gasteiger partial charge in [0.05, 0.1) is 17.3 Å². The fourth-order valence-corrected chi connectivity index (χ4v) is 4.20. The lowest BCUT2D eigenvalue weighted by molar-refractivity contribution is -0.114. The van der Waals surface area contributed by atoms with Crippen LogP contribution in [0.1, 0.15) is 43.5 Å². The Labute approximate surface area is 188 Å². The molecule has 0 bridgehead atoms. The van der Waals surface area contributed by atoms with Crippen LogP contribution in [0, 0.1) is 6.92 Å². The van der Waals surface area contributed by atoms with E-state index in [0.29, 0.717) is 19.1 Å². The summed E-state index contributed by atoms with van der Waals surface area (Å²) in [4.78, 5) is 16.2. The Balaban J connectivity index is 1.56. The lowest BCUT2D eigenvalue weighted by Crippen LogP contribution is -2.29. The van der Waals surface area contributed by atoms with Crippen molar-refractivity contribution in [3.63, 3.8) is 0 Å². The summed E-state index contributed by atoms with van der Waals surface area (Å²) in [5.74, 6) is -0.0680. The lowest BCUT2D eigenvalue weighted by atomic mass is 10.0. The van der Waals surface area contributed by atoms with Crippen LogP contribution in [0.3, 0.4) is 0 Å². The molecule has 1 aromatic carbocycles. The number of aryl methyl sites for hydroxylation is 2. The molecule has 32 heavy (non-hydrogen) atoms. The second kappa shape index (κ2) is 10.1. The van der Waals surface area contributed by atoms with E-state index in [9.17, 15) is 4.79 Å². The molecule has 1 amide bonds. The molecule has 8 nitrogen and oxygen atoms in total. The van der Waals surface area contributed by atoms with Crippen LogP contribution < -0.4 is 16.0 Å². The third-order valence-electron chi connectivity index (χ3n) is 5.84. The van der Waals surface area contributed by atoms with Crippen LogP contribution in [0.2, 0.25) is 0 Å². The fraction of sp³-hybridized carbons (Fsp3) is 0.458. The molecule has 0 unspecified atom stereocenters. The highest BCUT2D eigenvalue weighted by molar-refractivity contribution is 5.91. The second-order valence-corrected chi connectivity index (χ2v) is 8.26. The van der Waals surface area contributed by atoms with Gasteiger partial charge >= 0.3 is 0 Å². The first-order chi connectivity index (χ1) is 15.5. The van der Waals surface area contributed by atoms with Crippen molar-refractivity contribution >= 4 is 28.3 Å². The smallest absolute Gasteiger partial charge is 0.221 e. The second-order valence-electron chi connectivity index (χ2n) is 8.26. The minimum atomic E-state index is -0.0680. The third kappa shape index (κ3) is 5.08. The molecule has 170 valence electrons. The summed E-state index contributed by atoms with van der Waals surface area (Å²) in [5, 5.41) is 15.8. The first-order valence-electron chi connectivity index (χ1n) is 11.3. The van der Waals surface area contributed by atoms with E-state index < -0.39 is 0 Å². The third-order valence-corrected chi connectivity index (χ3v) is 5.84. The van der Waals surface area contributed by atoms with Gasteiger partial charge in [-0.25, -0.2) is 9.67 Å². The Morgan fingerprint density at radius 1 is 1.25 bits per heavy atom. The summed E-state index contributed by atoms with van der Waals surface area (Å²) in [6.07, 6.45) is 3.91. The van der Waals surface area contributed by atoms with Crippen molar-refractivity contribution < 1.29 is 9.53 Å². The largest absolute Gasteiger partial charge is 0.381 e. The van der Waals surface area contributed by atoms with Crippen LogP contribution in [-0.4, -0.2) is 39.9 Å². The molecule has 8 heteroatoms. The zero-order valence-electron chi connectivity index (χ0n) is 19.1. The van der Waals surface area contributed by atoms with Gasteiger partial charge in [0, 0.05) is 62.8 Å². The number of carbonyl (C=O) groups is 1. The first-order valence-corrected chi connectivity index (χ1v) is 11.3. The van der Waals surface area contributed by atoms with E-state index in [-0.39, 0.29) is 5.91 Å². The average Bonchev–Trinajstić information content (AvgIpc) is 3.18. The number of pyridine rings is 1. The van der Waals surface area contributed by atoms with Gasteiger partial charge in [0.1, 0.15) is 0 Å². The fourth-order valence-electron chi connectivity index (χ4n) is 4.20. The molecular formula is C24H32N6O2. The predicted octanol–water partition coefficient (Wildman–Crippen LogP) is 3.60. The van der Waals surface area contributed by atoms with Gasteiger partial charge in [-0.3, -0.25) is 4.79 Å². The minimum absolute atomic E-state index is 0.0680. The molecule has 4 rings (SSSR count). The number of ether oxygens (including phenoxy) is 1. The van der Waals surface area contributed by atoms with Gasteiger partial charge in [0.2, 0.25) is 5.91 Å². The van der Waals surface area contributed by atoms with E-state index in [1.807, 2.05) is 29.1 Å². The van der Waals surface area contributed by atoms with Crippen LogP contribution in [-0.2, 0) is 29.2 Å². The maximum absolute atomic E-state index is 11.3. The molecular weight excluding hydrogens is 404 g/mol. The van der Waals surface area contributed by atoms with Crippen molar-refractivity contribution in [3.8, 4) is 0 Å². The number of rotatable bonds is 8. The number of nitrogens with one attached hydrogen (secondary N) is 3. The number of hydrogen-bond donors (Lipinski definition) is 3. The van der Waals surface area contributed by atoms with Crippen LogP contribution in [0.5, 0.6) is 0 Å². The number of benzene rings is 1. The molecule has 0 radical (unpaired) electrons. The Morgan fingerprint density at radius 2 is 2.06 bits per heavy atom. The molecule has 3 aromatic rings. The quantitative estimate of drug-likeness (QED) is 0.500. The number of carbonyl (C=O) groups excluding carboxylic acids is 1. The number of anilines is 2. The molecule has 1 fully saturated rings. The van der Waals surface area contributed by atoms with Gasteiger partial charge in [0.15, 0.2) is 5.65 Å². The number of nitrogens with zero attached hydrogens (tertiary/aromatic N) is 3. The minimum Gasteiger partial charge on any atom is -0.381 e. The molecule has 0 saturated carbocycles. The van der Waals surface area contributed by atoms with Gasteiger partial charge in [0.25, 0.3) is 0 Å². The van der Waals surface area contributed by atoms with E-state index in [1.165, 1.54) is 6.92 Å². The van der Waals surface area contributed by atoms with Crippen molar-refractivity contribution in [2.24, 2.45) is 0 Å². The molecule has 1 aliphatic heterocycles. The Hall–Kier alpha value is -2.97. The Kier molecular flexibility index (Phi) is 7.02. The van der Waals surface area contributed by atoms with Crippen molar-refractivity contribution in [1.82, 2.24) is 20.1 Å². The van der Waals surface area contributed by atoms with Gasteiger partial charge in [-0.15, -0.1) is 0 Å². The maximum Gasteiger partial charge on any atom is 0.221 e. The highest BCUT2D eigenvalue weighted by atomic mass is 16.5.